The van der Waals surface area contributed by atoms with Crippen molar-refractivity contribution in [3.05, 3.63) is 54.1 Å². The number of aryl methyl sites for hydroxylation is 1. The molecule has 1 aliphatic heterocycles. The van der Waals surface area contributed by atoms with Gasteiger partial charge in [0, 0.05) is 58.8 Å². The maximum atomic E-state index is 9.45. The highest BCUT2D eigenvalue weighted by molar-refractivity contribution is 5.14. The zero-order valence-corrected chi connectivity index (χ0v) is 15.6. The summed E-state index contributed by atoms with van der Waals surface area (Å²) in [5, 5.41) is 9.45. The highest BCUT2D eigenvalue weighted by Gasteiger charge is 2.22. The molecule has 0 aliphatic carbocycles. The smallest absolute Gasteiger partial charge is 0.122 e. The first-order valence-corrected chi connectivity index (χ1v) is 9.42. The van der Waals surface area contributed by atoms with Crippen LogP contribution in [0.4, 0.5) is 0 Å². The van der Waals surface area contributed by atoms with Crippen molar-refractivity contribution in [3.8, 4) is 0 Å². The van der Waals surface area contributed by atoms with Crippen LogP contribution in [0.25, 0.3) is 0 Å². The van der Waals surface area contributed by atoms with Crippen LogP contribution in [0.3, 0.4) is 0 Å². The van der Waals surface area contributed by atoms with E-state index >= 15 is 0 Å². The van der Waals surface area contributed by atoms with E-state index in [2.05, 4.69) is 45.1 Å². The number of aromatic nitrogens is 2. The summed E-state index contributed by atoms with van der Waals surface area (Å²) in [7, 11) is 2.00. The standard InChI is InChI=1S/C20H30N4O2/c1-22-10-8-21-20(22)17-24(11-12-25)16-19-15-23(9-5-13-26-19)14-18-6-3-2-4-7-18/h2-4,6-8,10,19,25H,5,9,11-17H2,1H3. The lowest BCUT2D eigenvalue weighted by Crippen LogP contribution is -2.41. The maximum absolute atomic E-state index is 9.45. The van der Waals surface area contributed by atoms with Gasteiger partial charge in [-0.1, -0.05) is 30.3 Å². The minimum Gasteiger partial charge on any atom is -0.395 e. The van der Waals surface area contributed by atoms with Crippen molar-refractivity contribution in [2.75, 3.05) is 39.4 Å². The lowest BCUT2D eigenvalue weighted by atomic mass is 10.2. The first-order valence-electron chi connectivity index (χ1n) is 9.42. The van der Waals surface area contributed by atoms with Crippen molar-refractivity contribution < 1.29 is 9.84 Å². The molecule has 3 rings (SSSR count). The van der Waals surface area contributed by atoms with Gasteiger partial charge in [0.1, 0.15) is 5.82 Å². The average Bonchev–Trinajstić information content (AvgIpc) is 2.91. The van der Waals surface area contributed by atoms with Gasteiger partial charge in [0.05, 0.1) is 19.3 Å². The molecule has 6 nitrogen and oxygen atoms in total. The first-order chi connectivity index (χ1) is 12.7. The van der Waals surface area contributed by atoms with E-state index in [4.69, 9.17) is 4.74 Å². The van der Waals surface area contributed by atoms with Gasteiger partial charge in [-0.2, -0.15) is 0 Å². The number of nitrogens with zero attached hydrogens (tertiary/aromatic N) is 4. The molecule has 0 amide bonds. The minimum absolute atomic E-state index is 0.144. The second kappa shape index (κ2) is 9.83. The number of aliphatic hydroxyl groups excluding tert-OH is 1. The molecular formula is C20H30N4O2. The van der Waals surface area contributed by atoms with Crippen molar-refractivity contribution in [2.45, 2.75) is 25.6 Å². The van der Waals surface area contributed by atoms with Crippen molar-refractivity contribution in [1.82, 2.24) is 19.4 Å². The van der Waals surface area contributed by atoms with Crippen LogP contribution in [0.2, 0.25) is 0 Å². The Balaban J connectivity index is 1.59. The van der Waals surface area contributed by atoms with Gasteiger partial charge in [-0.25, -0.2) is 4.98 Å². The fourth-order valence-corrected chi connectivity index (χ4v) is 3.48. The van der Waals surface area contributed by atoms with E-state index in [1.54, 1.807) is 0 Å². The lowest BCUT2D eigenvalue weighted by Gasteiger charge is -2.29. The van der Waals surface area contributed by atoms with Gasteiger partial charge >= 0.3 is 0 Å². The summed E-state index contributed by atoms with van der Waals surface area (Å²) in [6.07, 6.45) is 4.97. The van der Waals surface area contributed by atoms with Gasteiger partial charge in [0.15, 0.2) is 0 Å². The number of imidazole rings is 1. The predicted octanol–water partition coefficient (Wildman–Crippen LogP) is 1.51. The second-order valence-corrected chi connectivity index (χ2v) is 6.98. The molecule has 1 N–H and O–H groups in total. The molecule has 1 unspecified atom stereocenters. The predicted molar refractivity (Wildman–Crippen MR) is 102 cm³/mol. The van der Waals surface area contributed by atoms with Crippen LogP contribution in [-0.2, 0) is 24.9 Å². The summed E-state index contributed by atoms with van der Waals surface area (Å²) in [6, 6.07) is 10.6. The Hall–Kier alpha value is -1.73. The fourth-order valence-electron chi connectivity index (χ4n) is 3.48. The van der Waals surface area contributed by atoms with Gasteiger partial charge in [0.2, 0.25) is 0 Å². The minimum atomic E-state index is 0.144. The van der Waals surface area contributed by atoms with E-state index in [1.807, 2.05) is 24.0 Å². The normalized spacial score (nSPS) is 19.0. The Labute approximate surface area is 156 Å². The van der Waals surface area contributed by atoms with E-state index in [0.717, 1.165) is 51.6 Å². The van der Waals surface area contributed by atoms with Gasteiger partial charge in [-0.15, -0.1) is 0 Å². The van der Waals surface area contributed by atoms with Crippen LogP contribution >= 0.6 is 0 Å². The number of hydrogen-bond acceptors (Lipinski definition) is 5. The molecule has 1 fully saturated rings. The average molecular weight is 358 g/mol. The Kier molecular flexibility index (Phi) is 7.20. The van der Waals surface area contributed by atoms with E-state index in [1.165, 1.54) is 5.56 Å². The molecule has 1 aromatic carbocycles. The Morgan fingerprint density at radius 1 is 1.31 bits per heavy atom. The molecule has 2 heterocycles. The molecule has 6 heteroatoms. The number of benzene rings is 1. The van der Waals surface area contributed by atoms with Crippen LogP contribution < -0.4 is 0 Å². The maximum Gasteiger partial charge on any atom is 0.122 e. The molecule has 1 aromatic heterocycles. The Morgan fingerprint density at radius 2 is 2.15 bits per heavy atom. The molecule has 0 saturated carbocycles. The third-order valence-corrected chi connectivity index (χ3v) is 4.85. The summed E-state index contributed by atoms with van der Waals surface area (Å²) >= 11 is 0. The van der Waals surface area contributed by atoms with Crippen LogP contribution in [-0.4, -0.2) is 70.0 Å². The molecular weight excluding hydrogens is 328 g/mol. The summed E-state index contributed by atoms with van der Waals surface area (Å²) in [6.45, 7) is 6.03. The van der Waals surface area contributed by atoms with Gasteiger partial charge in [-0.3, -0.25) is 9.80 Å². The summed E-state index contributed by atoms with van der Waals surface area (Å²) in [5.74, 6) is 1.01. The molecule has 0 radical (unpaired) electrons. The number of rotatable bonds is 8. The zero-order valence-electron chi connectivity index (χ0n) is 15.6. The zero-order chi connectivity index (χ0) is 18.2. The third kappa shape index (κ3) is 5.64. The second-order valence-electron chi connectivity index (χ2n) is 6.98. The van der Waals surface area contributed by atoms with Crippen LogP contribution in [0.1, 0.15) is 17.8 Å². The largest absolute Gasteiger partial charge is 0.395 e. The summed E-state index contributed by atoms with van der Waals surface area (Å²) in [4.78, 5) is 9.12. The molecule has 0 spiro atoms. The number of hydrogen-bond donors (Lipinski definition) is 1. The van der Waals surface area contributed by atoms with Crippen LogP contribution in [0.15, 0.2) is 42.7 Å². The van der Waals surface area contributed by atoms with Gasteiger partial charge in [-0.05, 0) is 12.0 Å². The summed E-state index contributed by atoms with van der Waals surface area (Å²) < 4.78 is 8.13. The number of aliphatic hydroxyl groups is 1. The summed E-state index contributed by atoms with van der Waals surface area (Å²) in [5.41, 5.74) is 1.34. The molecule has 0 bridgehead atoms. The SMILES string of the molecule is Cn1ccnc1CN(CCO)CC1CN(Cc2ccccc2)CCCO1. The van der Waals surface area contributed by atoms with Crippen molar-refractivity contribution >= 4 is 0 Å². The van der Waals surface area contributed by atoms with E-state index in [0.29, 0.717) is 6.54 Å². The van der Waals surface area contributed by atoms with E-state index in [9.17, 15) is 5.11 Å². The molecule has 142 valence electrons. The topological polar surface area (TPSA) is 53.8 Å². The van der Waals surface area contributed by atoms with Gasteiger partial charge < -0.3 is 14.4 Å². The van der Waals surface area contributed by atoms with Crippen molar-refractivity contribution in [2.24, 2.45) is 7.05 Å². The molecule has 1 atom stereocenters. The van der Waals surface area contributed by atoms with Crippen LogP contribution in [0, 0.1) is 0 Å². The lowest BCUT2D eigenvalue weighted by molar-refractivity contribution is 0.0195. The molecule has 2 aromatic rings. The van der Waals surface area contributed by atoms with E-state index in [-0.39, 0.29) is 12.7 Å². The van der Waals surface area contributed by atoms with Gasteiger partial charge in [0.25, 0.3) is 0 Å². The number of ether oxygens (including phenoxy) is 1. The monoisotopic (exact) mass is 358 g/mol. The molecule has 26 heavy (non-hydrogen) atoms. The molecule has 1 aliphatic rings. The highest BCUT2D eigenvalue weighted by atomic mass is 16.5. The fraction of sp³-hybridized carbons (Fsp3) is 0.550. The van der Waals surface area contributed by atoms with Crippen LogP contribution in [0.5, 0.6) is 0 Å². The Bertz CT molecular complexity index is 646. The Morgan fingerprint density at radius 3 is 2.88 bits per heavy atom. The van der Waals surface area contributed by atoms with Crippen molar-refractivity contribution in [3.63, 3.8) is 0 Å². The highest BCUT2D eigenvalue weighted by Crippen LogP contribution is 2.13. The third-order valence-electron chi connectivity index (χ3n) is 4.85. The first kappa shape index (κ1) is 19.0. The quantitative estimate of drug-likeness (QED) is 0.775. The van der Waals surface area contributed by atoms with E-state index < -0.39 is 0 Å². The van der Waals surface area contributed by atoms with Crippen molar-refractivity contribution in [1.29, 1.82) is 0 Å². The molecule has 1 saturated heterocycles.